The number of halogens is 14. The zero-order valence-corrected chi connectivity index (χ0v) is 35.3. The number of alkyl halides is 4. The van der Waals surface area contributed by atoms with Gasteiger partial charge >= 0.3 is 12.2 Å². The van der Waals surface area contributed by atoms with Crippen molar-refractivity contribution in [2.75, 3.05) is 0 Å². The van der Waals surface area contributed by atoms with Crippen LogP contribution >= 0.6 is 12.6 Å². The minimum absolute atomic E-state index is 0.0103. The lowest BCUT2D eigenvalue weighted by Gasteiger charge is -2.20. The molecule has 0 aromatic heterocycles. The van der Waals surface area contributed by atoms with Crippen LogP contribution in [-0.4, -0.2) is 0 Å². The second-order valence-corrected chi connectivity index (χ2v) is 15.4. The van der Waals surface area contributed by atoms with E-state index in [-0.39, 0.29) is 35.4 Å². The molecule has 0 atom stereocenters. The first-order chi connectivity index (χ1) is 32.1. The lowest BCUT2D eigenvalue weighted by Crippen LogP contribution is -2.25. The Labute approximate surface area is 383 Å². The average Bonchev–Trinajstić information content (AvgIpc) is 3.27. The van der Waals surface area contributed by atoms with E-state index in [0.717, 1.165) is 32.7 Å². The molecule has 0 aliphatic rings. The van der Waals surface area contributed by atoms with Gasteiger partial charge in [-0.1, -0.05) is 90.5 Å². The molecule has 68 heavy (non-hydrogen) atoms. The fraction of sp³-hybridized carbons (Fsp3) is 0.0588. The average molecular weight is 971 g/mol. The molecule has 2 nitrogen and oxygen atoms in total. The molecule has 17 heteroatoms. The molecule has 8 aromatic carbocycles. The highest BCUT2D eigenvalue weighted by molar-refractivity contribution is 7.80. The van der Waals surface area contributed by atoms with E-state index >= 15 is 0 Å². The van der Waals surface area contributed by atoms with Crippen LogP contribution in [0.15, 0.2) is 150 Å². The van der Waals surface area contributed by atoms with Gasteiger partial charge in [0, 0.05) is 29.2 Å². The number of ether oxygens (including phenoxy) is 2. The molecule has 0 bridgehead atoms. The summed E-state index contributed by atoms with van der Waals surface area (Å²) < 4.78 is 204. The monoisotopic (exact) mass is 970 g/mol. The number of hydrogen-bond acceptors (Lipinski definition) is 3. The van der Waals surface area contributed by atoms with E-state index in [0.29, 0.717) is 35.4 Å². The van der Waals surface area contributed by atoms with Gasteiger partial charge in [-0.25, -0.2) is 43.9 Å². The highest BCUT2D eigenvalue weighted by atomic mass is 32.1. The molecule has 348 valence electrons. The van der Waals surface area contributed by atoms with Crippen molar-refractivity contribution in [1.29, 1.82) is 0 Å². The predicted molar refractivity (Wildman–Crippen MR) is 228 cm³/mol. The third-order valence-electron chi connectivity index (χ3n) is 10.1. The molecule has 0 saturated carbocycles. The van der Waals surface area contributed by atoms with Crippen molar-refractivity contribution in [2.45, 2.75) is 24.0 Å². The number of hydrogen-bond donors (Lipinski definition) is 1. The minimum atomic E-state index is -4.65. The molecule has 0 unspecified atom stereocenters. The van der Waals surface area contributed by atoms with E-state index in [1.54, 1.807) is 60.7 Å². The van der Waals surface area contributed by atoms with Crippen LogP contribution in [0.3, 0.4) is 0 Å². The maximum atomic E-state index is 14.6. The van der Waals surface area contributed by atoms with Crippen LogP contribution in [0.2, 0.25) is 0 Å². The van der Waals surface area contributed by atoms with Crippen LogP contribution < -0.4 is 9.47 Å². The Kier molecular flexibility index (Phi) is 14.0. The van der Waals surface area contributed by atoms with Crippen molar-refractivity contribution in [3.63, 3.8) is 0 Å². The van der Waals surface area contributed by atoms with Gasteiger partial charge in [-0.3, -0.25) is 0 Å². The van der Waals surface area contributed by atoms with Crippen molar-refractivity contribution in [3.8, 4) is 56.0 Å². The van der Waals surface area contributed by atoms with Crippen LogP contribution in [0.25, 0.3) is 44.5 Å². The molecular formula is C51H28F14O2S. The van der Waals surface area contributed by atoms with Crippen molar-refractivity contribution >= 4 is 12.6 Å². The summed E-state index contributed by atoms with van der Waals surface area (Å²) in [5.41, 5.74) is 1.73. The Bertz CT molecular complexity index is 2820. The molecule has 0 heterocycles. The van der Waals surface area contributed by atoms with Crippen molar-refractivity contribution in [2.24, 2.45) is 0 Å². The smallest absolute Gasteiger partial charge is 0.429 e. The minimum Gasteiger partial charge on any atom is -0.429 e. The molecular weight excluding hydrogens is 943 g/mol. The molecule has 0 fully saturated rings. The maximum Gasteiger partial charge on any atom is 0.432 e. The third-order valence-corrected chi connectivity index (χ3v) is 10.4. The molecule has 0 radical (unpaired) electrons. The van der Waals surface area contributed by atoms with Crippen LogP contribution in [0.4, 0.5) is 61.5 Å². The van der Waals surface area contributed by atoms with Gasteiger partial charge in [0.1, 0.15) is 45.9 Å². The maximum absolute atomic E-state index is 14.6. The van der Waals surface area contributed by atoms with Crippen LogP contribution in [-0.2, 0) is 12.2 Å². The number of thiol groups is 1. The first kappa shape index (κ1) is 48.7. The highest BCUT2D eigenvalue weighted by Crippen LogP contribution is 2.40. The van der Waals surface area contributed by atoms with Gasteiger partial charge in [0.05, 0.1) is 0 Å². The summed E-state index contributed by atoms with van der Waals surface area (Å²) in [6, 6.07) is 31.5. The molecule has 0 spiro atoms. The highest BCUT2D eigenvalue weighted by Gasteiger charge is 2.43. The van der Waals surface area contributed by atoms with E-state index in [4.69, 9.17) is 0 Å². The Hall–Kier alpha value is -7.27. The second kappa shape index (κ2) is 19.5. The zero-order chi connectivity index (χ0) is 49.2. The Morgan fingerprint density at radius 3 is 0.838 bits per heavy atom. The lowest BCUT2D eigenvalue weighted by molar-refractivity contribution is -0.190. The topological polar surface area (TPSA) is 18.5 Å². The standard InChI is InChI=1S/C26H15F7O.C25H13F7OS/c1-14-2-4-15(5-3-14)16-6-8-17(9-7-16)18-10-20(27)24(21(28)11-18)26(32,33)34-19-12-22(29)25(31)23(30)13-19;26-19-9-16(15-3-1-13(2-4-15)14-5-7-18(34)8-6-14)10-20(27)23(19)25(31,32)33-17-11-21(28)24(30)22(29)12-17/h2-13H,1H3;1-12,34H. The SMILES string of the molecule is Cc1ccc(-c2ccc(-c3cc(F)c(C(F)(F)Oc4cc(F)c(F)c(F)c4)c(F)c3)cc2)cc1.Fc1cc(OC(F)(F)c2c(F)cc(-c3ccc(-c4ccc(S)cc4)cc3)cc2F)cc(F)c1F. The largest absolute Gasteiger partial charge is 0.432 e. The summed E-state index contributed by atoms with van der Waals surface area (Å²) in [5, 5.41) is 0. The quantitative estimate of drug-likeness (QED) is 0.0836. The summed E-state index contributed by atoms with van der Waals surface area (Å²) in [4.78, 5) is 0.780. The van der Waals surface area contributed by atoms with Gasteiger partial charge in [-0.15, -0.1) is 12.6 Å². The number of aryl methyl sites for hydroxylation is 1. The van der Waals surface area contributed by atoms with E-state index in [9.17, 15) is 61.5 Å². The molecule has 8 aromatic rings. The molecule has 8 rings (SSSR count). The fourth-order valence-electron chi connectivity index (χ4n) is 6.73. The summed E-state index contributed by atoms with van der Waals surface area (Å²) in [6.07, 6.45) is -9.29. The normalized spacial score (nSPS) is 11.5. The van der Waals surface area contributed by atoms with Gasteiger partial charge < -0.3 is 9.47 Å². The Morgan fingerprint density at radius 1 is 0.324 bits per heavy atom. The van der Waals surface area contributed by atoms with E-state index < -0.39 is 93.0 Å². The van der Waals surface area contributed by atoms with Gasteiger partial charge in [0.25, 0.3) is 0 Å². The number of rotatable bonds is 10. The first-order valence-electron chi connectivity index (χ1n) is 19.6. The predicted octanol–water partition coefficient (Wildman–Crippen LogP) is 16.3. The molecule has 0 aliphatic carbocycles. The van der Waals surface area contributed by atoms with Crippen LogP contribution in [0.1, 0.15) is 16.7 Å². The third kappa shape index (κ3) is 10.8. The van der Waals surface area contributed by atoms with Gasteiger partial charge in [0.2, 0.25) is 0 Å². The second-order valence-electron chi connectivity index (χ2n) is 14.8. The van der Waals surface area contributed by atoms with E-state index in [1.807, 2.05) is 43.3 Å². The van der Waals surface area contributed by atoms with E-state index in [2.05, 4.69) is 22.1 Å². The van der Waals surface area contributed by atoms with Gasteiger partial charge in [0.15, 0.2) is 34.9 Å². The number of benzene rings is 8. The van der Waals surface area contributed by atoms with Crippen molar-refractivity contribution in [1.82, 2.24) is 0 Å². The summed E-state index contributed by atoms with van der Waals surface area (Å²) in [5.74, 6) is -19.8. The summed E-state index contributed by atoms with van der Waals surface area (Å²) >= 11 is 4.21. The van der Waals surface area contributed by atoms with E-state index in [1.165, 1.54) is 0 Å². The van der Waals surface area contributed by atoms with Crippen LogP contribution in [0, 0.1) is 65.1 Å². The lowest BCUT2D eigenvalue weighted by atomic mass is 9.98. The van der Waals surface area contributed by atoms with Crippen molar-refractivity contribution in [3.05, 3.63) is 220 Å². The molecule has 0 N–H and O–H groups in total. The fourth-order valence-corrected chi connectivity index (χ4v) is 6.88. The molecule has 0 amide bonds. The van der Waals surface area contributed by atoms with Crippen molar-refractivity contribution < 1.29 is 70.9 Å². The summed E-state index contributed by atoms with van der Waals surface area (Å²) in [6.45, 7) is 1.95. The van der Waals surface area contributed by atoms with Crippen LogP contribution in [0.5, 0.6) is 11.5 Å². The molecule has 0 aliphatic heterocycles. The van der Waals surface area contributed by atoms with Gasteiger partial charge in [-0.2, -0.15) is 17.6 Å². The first-order valence-corrected chi connectivity index (χ1v) is 20.0. The molecule has 0 saturated heterocycles. The zero-order valence-electron chi connectivity index (χ0n) is 34.4. The summed E-state index contributed by atoms with van der Waals surface area (Å²) in [7, 11) is 0. The van der Waals surface area contributed by atoms with Gasteiger partial charge in [-0.05, 0) is 87.8 Å². The Morgan fingerprint density at radius 2 is 0.559 bits per heavy atom. The Balaban J connectivity index is 0.000000201.